The molecular weight excluding hydrogens is 316 g/mol. The zero-order chi connectivity index (χ0) is 16.8. The van der Waals surface area contributed by atoms with E-state index in [0.717, 1.165) is 0 Å². The second-order valence-electron chi connectivity index (χ2n) is 4.71. The Morgan fingerprint density at radius 1 is 1.52 bits per heavy atom. The van der Waals surface area contributed by atoms with Crippen molar-refractivity contribution in [2.24, 2.45) is 0 Å². The molecule has 7 heteroatoms. The number of carbonyl (C=O) groups excluding carboxylic acids is 1. The first-order chi connectivity index (χ1) is 11.0. The van der Waals surface area contributed by atoms with Crippen LogP contribution in [-0.2, 0) is 4.79 Å². The summed E-state index contributed by atoms with van der Waals surface area (Å²) in [6.07, 6.45) is 4.71. The number of hydrogen-bond donors (Lipinski definition) is 2. The Morgan fingerprint density at radius 2 is 2.30 bits per heavy atom. The molecule has 2 aromatic rings. The largest absolute Gasteiger partial charge is 0.374 e. The second-order valence-corrected chi connectivity index (χ2v) is 5.14. The van der Waals surface area contributed by atoms with Gasteiger partial charge in [0.15, 0.2) is 6.29 Å². The molecule has 0 bridgehead atoms. The Hall–Kier alpha value is -2.91. The number of hydrogen-bond acceptors (Lipinski definition) is 5. The van der Waals surface area contributed by atoms with Crippen molar-refractivity contribution in [1.29, 1.82) is 5.26 Å². The third kappa shape index (κ3) is 4.05. The lowest BCUT2D eigenvalue weighted by molar-refractivity contribution is -0.105. The summed E-state index contributed by atoms with van der Waals surface area (Å²) in [4.78, 5) is 30.2. The van der Waals surface area contributed by atoms with Gasteiger partial charge in [0, 0.05) is 11.1 Å². The molecule has 1 aromatic carbocycles. The lowest BCUT2D eigenvalue weighted by Crippen LogP contribution is -2.27. The highest BCUT2D eigenvalue weighted by Crippen LogP contribution is 2.16. The van der Waals surface area contributed by atoms with Gasteiger partial charge in [-0.25, -0.2) is 4.98 Å². The molecule has 0 spiro atoms. The molecule has 116 valence electrons. The van der Waals surface area contributed by atoms with Crippen LogP contribution in [0.2, 0.25) is 5.02 Å². The van der Waals surface area contributed by atoms with E-state index in [1.54, 1.807) is 25.1 Å². The topological polar surface area (TPSA) is 98.6 Å². The Labute approximate surface area is 137 Å². The molecule has 0 radical (unpaired) electrons. The number of fused-ring (bicyclic) bond motifs is 1. The maximum Gasteiger partial charge on any atom is 0.272 e. The Bertz CT molecular complexity index is 893. The summed E-state index contributed by atoms with van der Waals surface area (Å²) in [5.41, 5.74) is 1.26. The van der Waals surface area contributed by atoms with Crippen molar-refractivity contribution in [3.63, 3.8) is 0 Å². The van der Waals surface area contributed by atoms with Crippen LogP contribution in [0.3, 0.4) is 0 Å². The van der Waals surface area contributed by atoms with Gasteiger partial charge >= 0.3 is 0 Å². The standard InChI is InChI=1S/C16H13ClN4O2/c1-10(19-12(9-22)4-2-3-7-18)15-16(23)21-13-6-5-11(17)8-14(13)20-15/h2-6,8-10,19H,1H3,(H,21,23)/b3-2+,12-4+/t10-/m0/s1. The van der Waals surface area contributed by atoms with Gasteiger partial charge in [0.25, 0.3) is 5.56 Å². The number of nitrogens with one attached hydrogen (secondary N) is 2. The smallest absolute Gasteiger partial charge is 0.272 e. The van der Waals surface area contributed by atoms with Gasteiger partial charge in [-0.3, -0.25) is 9.59 Å². The van der Waals surface area contributed by atoms with Crippen LogP contribution in [0.5, 0.6) is 0 Å². The highest BCUT2D eigenvalue weighted by Gasteiger charge is 2.13. The average molecular weight is 329 g/mol. The first kappa shape index (κ1) is 16.5. The third-order valence-corrected chi connectivity index (χ3v) is 3.28. The fraction of sp³-hybridized carbons (Fsp3) is 0.125. The number of halogens is 1. The highest BCUT2D eigenvalue weighted by atomic mass is 35.5. The summed E-state index contributed by atoms with van der Waals surface area (Å²) in [6, 6.07) is 6.30. The summed E-state index contributed by atoms with van der Waals surface area (Å²) in [5, 5.41) is 11.8. The first-order valence-electron chi connectivity index (χ1n) is 6.73. The molecule has 0 fully saturated rings. The van der Waals surface area contributed by atoms with E-state index in [4.69, 9.17) is 16.9 Å². The number of rotatable bonds is 5. The van der Waals surface area contributed by atoms with Crippen molar-refractivity contribution >= 4 is 28.9 Å². The van der Waals surface area contributed by atoms with Gasteiger partial charge in [0.05, 0.1) is 28.8 Å². The van der Waals surface area contributed by atoms with Crippen LogP contribution in [0.1, 0.15) is 18.7 Å². The minimum Gasteiger partial charge on any atom is -0.374 e. The number of benzene rings is 1. The van der Waals surface area contributed by atoms with Crippen LogP contribution in [0, 0.1) is 11.3 Å². The van der Waals surface area contributed by atoms with E-state index in [2.05, 4.69) is 15.3 Å². The van der Waals surface area contributed by atoms with E-state index in [0.29, 0.717) is 22.3 Å². The zero-order valence-electron chi connectivity index (χ0n) is 12.2. The van der Waals surface area contributed by atoms with Gasteiger partial charge in [-0.05, 0) is 37.3 Å². The Balaban J connectivity index is 2.35. The van der Waals surface area contributed by atoms with Crippen LogP contribution < -0.4 is 10.9 Å². The maximum absolute atomic E-state index is 12.1. The van der Waals surface area contributed by atoms with Gasteiger partial charge < -0.3 is 10.3 Å². The predicted octanol–water partition coefficient (Wildman–Crippen LogP) is 2.39. The monoisotopic (exact) mass is 328 g/mol. The molecular formula is C16H13ClN4O2. The molecule has 2 rings (SSSR count). The lowest BCUT2D eigenvalue weighted by Gasteiger charge is -2.14. The van der Waals surface area contributed by atoms with Crippen LogP contribution in [0.15, 0.2) is 46.9 Å². The molecule has 1 atom stereocenters. The average Bonchev–Trinajstić information content (AvgIpc) is 2.53. The van der Waals surface area contributed by atoms with Crippen molar-refractivity contribution in [3.05, 3.63) is 63.2 Å². The van der Waals surface area contributed by atoms with Crippen LogP contribution in [0.4, 0.5) is 0 Å². The van der Waals surface area contributed by atoms with Gasteiger partial charge in [-0.1, -0.05) is 11.6 Å². The molecule has 0 aliphatic carbocycles. The van der Waals surface area contributed by atoms with E-state index >= 15 is 0 Å². The van der Waals surface area contributed by atoms with Gasteiger partial charge in [-0.15, -0.1) is 0 Å². The normalized spacial score (nSPS) is 13.0. The minimum absolute atomic E-state index is 0.233. The highest BCUT2D eigenvalue weighted by molar-refractivity contribution is 6.31. The van der Waals surface area contributed by atoms with Crippen molar-refractivity contribution in [3.8, 4) is 6.07 Å². The molecule has 0 aliphatic rings. The van der Waals surface area contributed by atoms with E-state index in [1.165, 1.54) is 18.2 Å². The predicted molar refractivity (Wildman–Crippen MR) is 87.8 cm³/mol. The minimum atomic E-state index is -0.505. The fourth-order valence-corrected chi connectivity index (χ4v) is 2.16. The summed E-state index contributed by atoms with van der Waals surface area (Å²) in [5.74, 6) is 0. The van der Waals surface area contributed by atoms with Gasteiger partial charge in [0.1, 0.15) is 5.69 Å². The molecule has 0 unspecified atom stereocenters. The summed E-state index contributed by atoms with van der Waals surface area (Å²) >= 11 is 5.93. The van der Waals surface area contributed by atoms with Crippen LogP contribution in [-0.4, -0.2) is 16.3 Å². The molecule has 23 heavy (non-hydrogen) atoms. The summed E-state index contributed by atoms with van der Waals surface area (Å²) < 4.78 is 0. The molecule has 2 N–H and O–H groups in total. The van der Waals surface area contributed by atoms with Crippen molar-refractivity contribution in [2.45, 2.75) is 13.0 Å². The fourth-order valence-electron chi connectivity index (χ4n) is 2.00. The molecule has 0 aliphatic heterocycles. The van der Waals surface area contributed by atoms with E-state index in [-0.39, 0.29) is 17.0 Å². The van der Waals surface area contributed by atoms with E-state index in [1.807, 2.05) is 6.07 Å². The molecule has 0 saturated heterocycles. The Morgan fingerprint density at radius 3 is 3.00 bits per heavy atom. The van der Waals surface area contributed by atoms with Crippen LogP contribution >= 0.6 is 11.6 Å². The van der Waals surface area contributed by atoms with E-state index in [9.17, 15) is 9.59 Å². The molecule has 0 saturated carbocycles. The molecule has 1 heterocycles. The number of carbonyl (C=O) groups is 1. The molecule has 0 amide bonds. The number of H-pyrrole nitrogens is 1. The number of nitrogens with zero attached hydrogens (tertiary/aromatic N) is 2. The van der Waals surface area contributed by atoms with E-state index < -0.39 is 6.04 Å². The molecule has 1 aromatic heterocycles. The third-order valence-electron chi connectivity index (χ3n) is 3.05. The number of aromatic amines is 1. The molecule has 6 nitrogen and oxygen atoms in total. The summed E-state index contributed by atoms with van der Waals surface area (Å²) in [7, 11) is 0. The number of nitriles is 1. The van der Waals surface area contributed by atoms with Crippen molar-refractivity contribution in [2.75, 3.05) is 0 Å². The number of aromatic nitrogens is 2. The van der Waals surface area contributed by atoms with Gasteiger partial charge in [0.2, 0.25) is 0 Å². The summed E-state index contributed by atoms with van der Waals surface area (Å²) in [6.45, 7) is 1.71. The SMILES string of the molecule is C[C@H](N/C(C=O)=C/C=C/C#N)c1nc2cc(Cl)ccc2[nH]c1=O. The lowest BCUT2D eigenvalue weighted by atomic mass is 10.2. The number of aldehydes is 1. The maximum atomic E-state index is 12.1. The van der Waals surface area contributed by atoms with Gasteiger partial charge in [-0.2, -0.15) is 5.26 Å². The quantitative estimate of drug-likeness (QED) is 0.380. The second kappa shape index (κ2) is 7.38. The van der Waals surface area contributed by atoms with Crippen LogP contribution in [0.25, 0.3) is 11.0 Å². The zero-order valence-corrected chi connectivity index (χ0v) is 13.0. The Kier molecular flexibility index (Phi) is 5.28. The number of allylic oxidation sites excluding steroid dienone is 4. The van der Waals surface area contributed by atoms with Crippen molar-refractivity contribution < 1.29 is 4.79 Å². The van der Waals surface area contributed by atoms with Crippen molar-refractivity contribution in [1.82, 2.24) is 15.3 Å². The first-order valence-corrected chi connectivity index (χ1v) is 7.10.